The topological polar surface area (TPSA) is 57.5 Å². The molecule has 0 aliphatic heterocycles. The molecule has 0 aliphatic carbocycles. The summed E-state index contributed by atoms with van der Waals surface area (Å²) < 4.78 is 0. The number of hydrogen-bond donors (Lipinski definition) is 2. The smallest absolute Gasteiger partial charge is 0.328 e. The highest BCUT2D eigenvalue weighted by Gasteiger charge is 2.07. The highest BCUT2D eigenvalue weighted by Crippen LogP contribution is 2.17. The van der Waals surface area contributed by atoms with Gasteiger partial charge in [0.15, 0.2) is 0 Å². The number of carboxylic acid groups (broad SMARTS) is 1. The molecule has 1 unspecified atom stereocenters. The Morgan fingerprint density at radius 2 is 1.89 bits per heavy atom. The van der Waals surface area contributed by atoms with Crippen LogP contribution in [0.2, 0.25) is 0 Å². The van der Waals surface area contributed by atoms with Crippen LogP contribution < -0.4 is 0 Å². The maximum atomic E-state index is 10.7. The number of hydrogen-bond acceptors (Lipinski definition) is 2. The summed E-state index contributed by atoms with van der Waals surface area (Å²) >= 11 is 0. The normalized spacial score (nSPS) is 13.0. The number of allylic oxidation sites excluding steroid dienone is 3. The summed E-state index contributed by atoms with van der Waals surface area (Å²) in [7, 11) is 0. The molecule has 0 rings (SSSR count). The van der Waals surface area contributed by atoms with Gasteiger partial charge in [-0.05, 0) is 46.5 Å². The SMILES string of the molecule is C=C(C)C(O)CCC(=CC(=O)O)CCC=C(C)C. The molecule has 0 heterocycles. The molecule has 0 spiro atoms. The molecule has 3 heteroatoms. The predicted octanol–water partition coefficient (Wildman–Crippen LogP) is 3.46. The molecule has 0 fully saturated rings. The number of aliphatic carboxylic acids is 1. The number of aliphatic hydroxyl groups is 1. The Morgan fingerprint density at radius 1 is 1.28 bits per heavy atom. The van der Waals surface area contributed by atoms with Crippen molar-refractivity contribution in [3.05, 3.63) is 35.5 Å². The average Bonchev–Trinajstić information content (AvgIpc) is 2.23. The zero-order valence-electron chi connectivity index (χ0n) is 11.6. The molecule has 0 aromatic rings. The molecule has 0 aromatic heterocycles. The van der Waals surface area contributed by atoms with E-state index in [1.165, 1.54) is 11.6 Å². The Morgan fingerprint density at radius 3 is 2.33 bits per heavy atom. The first-order valence-electron chi connectivity index (χ1n) is 6.22. The van der Waals surface area contributed by atoms with E-state index in [-0.39, 0.29) is 0 Å². The summed E-state index contributed by atoms with van der Waals surface area (Å²) in [5.41, 5.74) is 2.81. The fourth-order valence-corrected chi connectivity index (χ4v) is 1.56. The van der Waals surface area contributed by atoms with Gasteiger partial charge in [-0.2, -0.15) is 0 Å². The molecular weight excluding hydrogens is 228 g/mol. The molecule has 18 heavy (non-hydrogen) atoms. The van der Waals surface area contributed by atoms with Crippen LogP contribution in [-0.4, -0.2) is 22.3 Å². The molecule has 0 aromatic carbocycles. The Balaban J connectivity index is 4.38. The van der Waals surface area contributed by atoms with Crippen molar-refractivity contribution in [3.8, 4) is 0 Å². The number of aliphatic hydroxyl groups excluding tert-OH is 1. The summed E-state index contributed by atoms with van der Waals surface area (Å²) in [6.45, 7) is 9.49. The molecule has 0 saturated carbocycles. The van der Waals surface area contributed by atoms with Crippen molar-refractivity contribution in [1.29, 1.82) is 0 Å². The molecule has 0 amide bonds. The third-order valence-electron chi connectivity index (χ3n) is 2.65. The highest BCUT2D eigenvalue weighted by atomic mass is 16.4. The van der Waals surface area contributed by atoms with Gasteiger partial charge in [-0.3, -0.25) is 0 Å². The van der Waals surface area contributed by atoms with Gasteiger partial charge in [0.25, 0.3) is 0 Å². The summed E-state index contributed by atoms with van der Waals surface area (Å²) in [4.78, 5) is 10.7. The van der Waals surface area contributed by atoms with Crippen molar-refractivity contribution in [2.24, 2.45) is 0 Å². The monoisotopic (exact) mass is 252 g/mol. The Bertz CT molecular complexity index is 347. The van der Waals surface area contributed by atoms with Gasteiger partial charge >= 0.3 is 5.97 Å². The van der Waals surface area contributed by atoms with E-state index in [9.17, 15) is 9.90 Å². The van der Waals surface area contributed by atoms with Crippen LogP contribution in [0.3, 0.4) is 0 Å². The first-order valence-corrected chi connectivity index (χ1v) is 6.22. The zero-order valence-corrected chi connectivity index (χ0v) is 11.6. The first kappa shape index (κ1) is 16.6. The molecule has 0 radical (unpaired) electrons. The van der Waals surface area contributed by atoms with E-state index in [0.29, 0.717) is 18.4 Å². The highest BCUT2D eigenvalue weighted by molar-refractivity contribution is 5.80. The molecule has 0 saturated heterocycles. The Labute approximate surface area is 110 Å². The summed E-state index contributed by atoms with van der Waals surface area (Å²) in [6, 6.07) is 0. The number of carboxylic acids is 1. The fourth-order valence-electron chi connectivity index (χ4n) is 1.56. The van der Waals surface area contributed by atoms with E-state index < -0.39 is 12.1 Å². The second-order valence-electron chi connectivity index (χ2n) is 4.86. The largest absolute Gasteiger partial charge is 0.478 e. The lowest BCUT2D eigenvalue weighted by atomic mass is 9.99. The van der Waals surface area contributed by atoms with Gasteiger partial charge in [0.1, 0.15) is 0 Å². The number of rotatable bonds is 8. The van der Waals surface area contributed by atoms with E-state index in [2.05, 4.69) is 12.7 Å². The van der Waals surface area contributed by atoms with Crippen LogP contribution >= 0.6 is 0 Å². The summed E-state index contributed by atoms with van der Waals surface area (Å²) in [6.07, 6.45) is 5.48. The van der Waals surface area contributed by atoms with Gasteiger partial charge in [-0.1, -0.05) is 29.4 Å². The number of carbonyl (C=O) groups is 1. The Hall–Kier alpha value is -1.35. The van der Waals surface area contributed by atoms with E-state index in [0.717, 1.165) is 18.4 Å². The van der Waals surface area contributed by atoms with E-state index in [1.807, 2.05) is 13.8 Å². The summed E-state index contributed by atoms with van der Waals surface area (Å²) in [5, 5.41) is 18.4. The van der Waals surface area contributed by atoms with Crippen molar-refractivity contribution < 1.29 is 15.0 Å². The third kappa shape index (κ3) is 8.76. The van der Waals surface area contributed by atoms with Crippen molar-refractivity contribution in [2.75, 3.05) is 0 Å². The van der Waals surface area contributed by atoms with Crippen molar-refractivity contribution in [2.45, 2.75) is 52.6 Å². The van der Waals surface area contributed by atoms with Gasteiger partial charge in [0, 0.05) is 6.08 Å². The van der Waals surface area contributed by atoms with Crippen molar-refractivity contribution >= 4 is 5.97 Å². The molecule has 102 valence electrons. The molecule has 0 bridgehead atoms. The van der Waals surface area contributed by atoms with E-state index in [1.54, 1.807) is 6.92 Å². The van der Waals surface area contributed by atoms with Crippen LogP contribution in [0, 0.1) is 0 Å². The van der Waals surface area contributed by atoms with Gasteiger partial charge in [-0.15, -0.1) is 0 Å². The van der Waals surface area contributed by atoms with Crippen molar-refractivity contribution in [1.82, 2.24) is 0 Å². The molecule has 2 N–H and O–H groups in total. The fraction of sp³-hybridized carbons (Fsp3) is 0.533. The minimum atomic E-state index is -0.924. The minimum absolute atomic E-state index is 0.531. The zero-order chi connectivity index (χ0) is 14.1. The maximum absolute atomic E-state index is 10.7. The van der Waals surface area contributed by atoms with Gasteiger partial charge in [-0.25, -0.2) is 4.79 Å². The lowest BCUT2D eigenvalue weighted by Gasteiger charge is -2.11. The van der Waals surface area contributed by atoms with Crippen LogP contribution in [0.1, 0.15) is 46.5 Å². The minimum Gasteiger partial charge on any atom is -0.478 e. The van der Waals surface area contributed by atoms with Crippen LogP contribution in [0.5, 0.6) is 0 Å². The first-order chi connectivity index (χ1) is 8.32. The Kier molecular flexibility index (Phi) is 8.05. The van der Waals surface area contributed by atoms with Crippen molar-refractivity contribution in [3.63, 3.8) is 0 Å². The maximum Gasteiger partial charge on any atom is 0.328 e. The van der Waals surface area contributed by atoms with Gasteiger partial charge in [0.05, 0.1) is 6.10 Å². The van der Waals surface area contributed by atoms with Crippen LogP contribution in [0.25, 0.3) is 0 Å². The third-order valence-corrected chi connectivity index (χ3v) is 2.65. The quantitative estimate of drug-likeness (QED) is 0.514. The van der Waals surface area contributed by atoms with Crippen LogP contribution in [0.4, 0.5) is 0 Å². The van der Waals surface area contributed by atoms with Crippen LogP contribution in [0.15, 0.2) is 35.5 Å². The average molecular weight is 252 g/mol. The summed E-state index contributed by atoms with van der Waals surface area (Å²) in [5.74, 6) is -0.924. The lowest BCUT2D eigenvalue weighted by molar-refractivity contribution is -0.131. The second-order valence-corrected chi connectivity index (χ2v) is 4.86. The molecule has 0 aliphatic rings. The van der Waals surface area contributed by atoms with Gasteiger partial charge in [0.2, 0.25) is 0 Å². The lowest BCUT2D eigenvalue weighted by Crippen LogP contribution is -2.07. The molecule has 1 atom stereocenters. The van der Waals surface area contributed by atoms with Crippen LogP contribution in [-0.2, 0) is 4.79 Å². The molecule has 3 nitrogen and oxygen atoms in total. The second kappa shape index (κ2) is 8.70. The molecular formula is C15H24O3. The van der Waals surface area contributed by atoms with Gasteiger partial charge < -0.3 is 10.2 Å². The standard InChI is InChI=1S/C15H24O3/c1-11(2)6-5-7-13(10-15(17)18)8-9-14(16)12(3)4/h6,10,14,16H,3,5,7-9H2,1-2,4H3,(H,17,18). The van der Waals surface area contributed by atoms with E-state index in [4.69, 9.17) is 5.11 Å². The van der Waals surface area contributed by atoms with E-state index >= 15 is 0 Å². The predicted molar refractivity (Wildman–Crippen MR) is 74.4 cm³/mol.